The lowest BCUT2D eigenvalue weighted by molar-refractivity contribution is -0.159. The predicted octanol–water partition coefficient (Wildman–Crippen LogP) is 7.50. The highest BCUT2D eigenvalue weighted by atomic mass is 32.2. The molecular weight excluding hydrogens is 435 g/mol. The predicted molar refractivity (Wildman–Crippen MR) is 133 cm³/mol. The average molecular weight is 464 g/mol. The number of carbonyl (C=O) groups excluding carboxylic acids is 1. The third-order valence-electron chi connectivity index (χ3n) is 5.70. The Balaban J connectivity index is 1.49. The molecule has 3 nitrogen and oxygen atoms in total. The molecule has 5 heteroatoms. The van der Waals surface area contributed by atoms with Crippen LogP contribution in [0.3, 0.4) is 0 Å². The molecule has 0 radical (unpaired) electrons. The summed E-state index contributed by atoms with van der Waals surface area (Å²) in [5, 5.41) is 3.53. The number of fused-ring (bicyclic) bond motifs is 1. The molecule has 1 atom stereocenters. The van der Waals surface area contributed by atoms with Gasteiger partial charge in [-0.15, -0.1) is 0 Å². The van der Waals surface area contributed by atoms with E-state index in [9.17, 15) is 9.18 Å². The Bertz CT molecular complexity index is 1310. The number of thiophene rings is 1. The largest absolute Gasteiger partial charge is 0.481 e. The highest BCUT2D eigenvalue weighted by molar-refractivity contribution is 7.43. The van der Waals surface area contributed by atoms with Crippen LogP contribution in [-0.4, -0.2) is 12.6 Å². The molecular formula is C28H28FO3S+. The quantitative estimate of drug-likeness (QED) is 0.219. The number of benzene rings is 3. The van der Waals surface area contributed by atoms with Crippen LogP contribution in [0.4, 0.5) is 4.39 Å². The van der Waals surface area contributed by atoms with Crippen molar-refractivity contribution >= 4 is 26.5 Å². The molecule has 0 saturated carbocycles. The van der Waals surface area contributed by atoms with Crippen LogP contribution in [0, 0.1) is 26.6 Å². The van der Waals surface area contributed by atoms with E-state index in [1.807, 2.05) is 13.8 Å². The molecule has 1 aromatic heterocycles. The van der Waals surface area contributed by atoms with Gasteiger partial charge in [-0.2, -0.15) is 0 Å². The maximum Gasteiger partial charge on any atom is 0.345 e. The van der Waals surface area contributed by atoms with Crippen LogP contribution in [0.15, 0.2) is 66.0 Å². The van der Waals surface area contributed by atoms with Gasteiger partial charge in [0.15, 0.2) is 16.2 Å². The summed E-state index contributed by atoms with van der Waals surface area (Å²) in [6.45, 7) is 9.35. The van der Waals surface area contributed by atoms with Crippen LogP contribution >= 0.6 is 10.5 Å². The molecule has 0 aliphatic rings. The monoisotopic (exact) mass is 463 g/mol. The maximum atomic E-state index is 13.6. The number of rotatable bonds is 6. The number of hydrogen-bond acceptors (Lipinski definition) is 3. The van der Waals surface area contributed by atoms with E-state index in [0.717, 1.165) is 11.1 Å². The summed E-state index contributed by atoms with van der Waals surface area (Å²) in [7, 11) is -0.110. The summed E-state index contributed by atoms with van der Waals surface area (Å²) in [5.74, 6) is -0.179. The molecule has 170 valence electrons. The zero-order valence-corrected chi connectivity index (χ0v) is 20.4. The first-order valence-electron chi connectivity index (χ1n) is 10.9. The Morgan fingerprint density at radius 3 is 2.39 bits per heavy atom. The third kappa shape index (κ3) is 4.93. The van der Waals surface area contributed by atoms with Crippen LogP contribution in [-0.2, 0) is 15.1 Å². The first-order chi connectivity index (χ1) is 15.6. The number of carbonyl (C=O) groups is 1. The van der Waals surface area contributed by atoms with E-state index < -0.39 is 11.6 Å². The number of aryl methyl sites for hydroxylation is 3. The zero-order chi connectivity index (χ0) is 23.8. The number of halogens is 1. The van der Waals surface area contributed by atoms with Crippen LogP contribution in [0.25, 0.3) is 15.0 Å². The van der Waals surface area contributed by atoms with Gasteiger partial charge in [-0.05, 0) is 75.6 Å². The van der Waals surface area contributed by atoms with Crippen LogP contribution in [0.5, 0.6) is 5.75 Å². The van der Waals surface area contributed by atoms with Crippen LogP contribution in [0.2, 0.25) is 0 Å². The minimum Gasteiger partial charge on any atom is -0.481 e. The Kier molecular flexibility index (Phi) is 6.26. The SMILES string of the molecule is Cc1ccc2c(cc[s+]2-c2cc(C)c(OCC(=O)OC(C)(C)c3cccc(F)c3)c(C)c2)c1. The fourth-order valence-corrected chi connectivity index (χ4v) is 6.09. The van der Waals surface area contributed by atoms with Crippen molar-refractivity contribution < 1.29 is 18.7 Å². The van der Waals surface area contributed by atoms with Crippen molar-refractivity contribution in [3.8, 4) is 10.6 Å². The van der Waals surface area contributed by atoms with E-state index in [1.165, 1.54) is 32.7 Å². The fourth-order valence-electron chi connectivity index (χ4n) is 4.05. The van der Waals surface area contributed by atoms with Gasteiger partial charge in [-0.1, -0.05) is 23.8 Å². The van der Waals surface area contributed by atoms with Crippen molar-refractivity contribution in [3.05, 3.63) is 94.1 Å². The Morgan fingerprint density at radius 2 is 1.70 bits per heavy atom. The summed E-state index contributed by atoms with van der Waals surface area (Å²) in [4.78, 5) is 13.7. The molecule has 4 rings (SSSR count). The van der Waals surface area contributed by atoms with Gasteiger partial charge in [0.05, 0.1) is 0 Å². The summed E-state index contributed by atoms with van der Waals surface area (Å²) >= 11 is 0. The molecule has 4 aromatic rings. The van der Waals surface area contributed by atoms with Gasteiger partial charge in [-0.25, -0.2) is 9.18 Å². The van der Waals surface area contributed by atoms with E-state index in [4.69, 9.17) is 9.47 Å². The van der Waals surface area contributed by atoms with E-state index in [0.29, 0.717) is 11.3 Å². The van der Waals surface area contributed by atoms with E-state index in [-0.39, 0.29) is 22.9 Å². The van der Waals surface area contributed by atoms with Gasteiger partial charge in [0.2, 0.25) is 0 Å². The maximum absolute atomic E-state index is 13.6. The summed E-state index contributed by atoms with van der Waals surface area (Å²) in [5.41, 5.74) is 2.84. The van der Waals surface area contributed by atoms with Crippen molar-refractivity contribution in [2.45, 2.75) is 40.2 Å². The molecule has 0 fully saturated rings. The van der Waals surface area contributed by atoms with Crippen LogP contribution < -0.4 is 4.74 Å². The first kappa shape index (κ1) is 23.0. The number of hydrogen-bond donors (Lipinski definition) is 0. The standard InChI is InChI=1S/C28H28FO3S/c1-18-9-10-25-21(13-18)11-12-33(25)24-14-19(2)27(20(3)15-24)31-17-26(30)32-28(4,5)22-7-6-8-23(29)16-22/h6-16H,17H2,1-5H3/q+1. The van der Waals surface area contributed by atoms with Gasteiger partial charge in [-0.3, -0.25) is 0 Å². The van der Waals surface area contributed by atoms with Crippen LogP contribution in [0.1, 0.15) is 36.1 Å². The van der Waals surface area contributed by atoms with Crippen molar-refractivity contribution in [1.82, 2.24) is 0 Å². The van der Waals surface area contributed by atoms with E-state index in [1.54, 1.807) is 26.0 Å². The van der Waals surface area contributed by atoms with Crippen molar-refractivity contribution in [3.63, 3.8) is 0 Å². The normalized spacial score (nSPS) is 12.1. The van der Waals surface area contributed by atoms with Gasteiger partial charge in [0, 0.05) is 34.1 Å². The second-order valence-electron chi connectivity index (χ2n) is 8.85. The molecule has 0 spiro atoms. The van der Waals surface area contributed by atoms with E-state index >= 15 is 0 Å². The topological polar surface area (TPSA) is 35.5 Å². The van der Waals surface area contributed by atoms with Crippen molar-refractivity contribution in [2.75, 3.05) is 6.61 Å². The molecule has 1 unspecified atom stereocenters. The number of esters is 1. The smallest absolute Gasteiger partial charge is 0.345 e. The molecule has 0 aliphatic carbocycles. The Hall–Kier alpha value is -3.18. The minimum absolute atomic E-state index is 0.110. The van der Waals surface area contributed by atoms with Gasteiger partial charge < -0.3 is 9.47 Å². The first-order valence-corrected chi connectivity index (χ1v) is 12.2. The third-order valence-corrected chi connectivity index (χ3v) is 7.69. The summed E-state index contributed by atoms with van der Waals surface area (Å²) < 4.78 is 26.4. The zero-order valence-electron chi connectivity index (χ0n) is 19.6. The van der Waals surface area contributed by atoms with E-state index in [2.05, 4.69) is 48.7 Å². The lowest BCUT2D eigenvalue weighted by atomic mass is 9.98. The highest BCUT2D eigenvalue weighted by Gasteiger charge is 2.26. The molecule has 3 aromatic carbocycles. The molecule has 0 bridgehead atoms. The van der Waals surface area contributed by atoms with Crippen molar-refractivity contribution in [1.29, 1.82) is 0 Å². The number of ether oxygens (including phenoxy) is 2. The summed E-state index contributed by atoms with van der Waals surface area (Å²) in [6.07, 6.45) is 0. The lowest BCUT2D eigenvalue weighted by Crippen LogP contribution is -2.28. The molecule has 0 aliphatic heterocycles. The van der Waals surface area contributed by atoms with Crippen molar-refractivity contribution in [2.24, 2.45) is 0 Å². The molecule has 0 saturated heterocycles. The Morgan fingerprint density at radius 1 is 0.970 bits per heavy atom. The average Bonchev–Trinajstić information content (AvgIpc) is 3.15. The molecule has 0 N–H and O–H groups in total. The molecule has 0 amide bonds. The Labute approximate surface area is 196 Å². The molecule has 33 heavy (non-hydrogen) atoms. The second kappa shape index (κ2) is 8.99. The highest BCUT2D eigenvalue weighted by Crippen LogP contribution is 2.42. The second-order valence-corrected chi connectivity index (χ2v) is 10.7. The molecule has 1 heterocycles. The fraction of sp³-hybridized carbons (Fsp3) is 0.250. The van der Waals surface area contributed by atoms with Gasteiger partial charge in [0.25, 0.3) is 0 Å². The van der Waals surface area contributed by atoms with Gasteiger partial charge in [0.1, 0.15) is 22.5 Å². The summed E-state index contributed by atoms with van der Waals surface area (Å²) in [6, 6.07) is 19.1. The lowest BCUT2D eigenvalue weighted by Gasteiger charge is -2.26. The minimum atomic E-state index is -0.960. The van der Waals surface area contributed by atoms with Gasteiger partial charge >= 0.3 is 5.97 Å².